The Morgan fingerprint density at radius 2 is 2.31 bits per heavy atom. The Morgan fingerprint density at radius 3 is 2.69 bits per heavy atom. The van der Waals surface area contributed by atoms with Crippen molar-refractivity contribution in [1.29, 1.82) is 0 Å². The molecular weight excluding hydrogens is 166 g/mol. The van der Waals surface area contributed by atoms with Gasteiger partial charge in [-0.2, -0.15) is 0 Å². The third kappa shape index (κ3) is 2.66. The third-order valence-corrected chi connectivity index (χ3v) is 2.98. The molecule has 0 aromatic rings. The van der Waals surface area contributed by atoms with E-state index in [0.29, 0.717) is 12.5 Å². The van der Waals surface area contributed by atoms with Crippen LogP contribution >= 0.6 is 0 Å². The summed E-state index contributed by atoms with van der Waals surface area (Å²) in [5, 5.41) is 3.52. The fraction of sp³-hybridized carbons (Fsp3) is 1.00. The molecule has 1 aliphatic heterocycles. The van der Waals surface area contributed by atoms with Gasteiger partial charge >= 0.3 is 0 Å². The molecule has 1 heterocycles. The Balaban J connectivity index is 2.37. The summed E-state index contributed by atoms with van der Waals surface area (Å²) in [6, 6.07) is 0. The van der Waals surface area contributed by atoms with Crippen LogP contribution in [-0.2, 0) is 9.47 Å². The minimum Gasteiger partial charge on any atom is -0.382 e. The van der Waals surface area contributed by atoms with Crippen LogP contribution in [0.4, 0.5) is 0 Å². The van der Waals surface area contributed by atoms with Crippen LogP contribution in [-0.4, -0.2) is 38.5 Å². The van der Waals surface area contributed by atoms with Gasteiger partial charge in [0.05, 0.1) is 19.3 Å². The average Bonchev–Trinajstić information content (AvgIpc) is 2.09. The van der Waals surface area contributed by atoms with Gasteiger partial charge in [0.15, 0.2) is 0 Å². The second-order valence-corrected chi connectivity index (χ2v) is 4.34. The third-order valence-electron chi connectivity index (χ3n) is 2.98. The van der Waals surface area contributed by atoms with Gasteiger partial charge in [0, 0.05) is 19.2 Å². The fourth-order valence-corrected chi connectivity index (χ4v) is 1.41. The molecule has 1 saturated heterocycles. The highest BCUT2D eigenvalue weighted by Gasteiger charge is 2.33. The minimum atomic E-state index is 0.129. The van der Waals surface area contributed by atoms with Gasteiger partial charge in [0.25, 0.3) is 0 Å². The zero-order chi connectivity index (χ0) is 9.90. The summed E-state index contributed by atoms with van der Waals surface area (Å²) in [4.78, 5) is 0. The van der Waals surface area contributed by atoms with Crippen molar-refractivity contribution in [3.8, 4) is 0 Å². The number of hydrogen-bond acceptors (Lipinski definition) is 3. The van der Waals surface area contributed by atoms with Crippen LogP contribution in [0.1, 0.15) is 20.8 Å². The molecule has 0 saturated carbocycles. The average molecular weight is 187 g/mol. The van der Waals surface area contributed by atoms with Crippen molar-refractivity contribution < 1.29 is 9.47 Å². The maximum absolute atomic E-state index is 5.71. The highest BCUT2D eigenvalue weighted by Crippen LogP contribution is 2.20. The quantitative estimate of drug-likeness (QED) is 0.716. The molecule has 2 atom stereocenters. The minimum absolute atomic E-state index is 0.129. The second kappa shape index (κ2) is 4.40. The highest BCUT2D eigenvalue weighted by atomic mass is 16.5. The van der Waals surface area contributed by atoms with E-state index in [9.17, 15) is 0 Å². The van der Waals surface area contributed by atoms with E-state index in [1.165, 1.54) is 0 Å². The summed E-state index contributed by atoms with van der Waals surface area (Å²) in [6.07, 6.45) is 0.219. The zero-order valence-corrected chi connectivity index (χ0v) is 9.09. The van der Waals surface area contributed by atoms with Crippen molar-refractivity contribution in [3.05, 3.63) is 0 Å². The molecule has 1 fully saturated rings. The second-order valence-electron chi connectivity index (χ2n) is 4.34. The summed E-state index contributed by atoms with van der Waals surface area (Å²) >= 11 is 0. The van der Waals surface area contributed by atoms with Gasteiger partial charge in [-0.3, -0.25) is 0 Å². The summed E-state index contributed by atoms with van der Waals surface area (Å²) in [7, 11) is 1.71. The van der Waals surface area contributed by atoms with Crippen LogP contribution in [0, 0.1) is 5.92 Å². The van der Waals surface area contributed by atoms with E-state index in [0.717, 1.165) is 13.2 Å². The molecule has 0 radical (unpaired) electrons. The van der Waals surface area contributed by atoms with Crippen LogP contribution in [0.5, 0.6) is 0 Å². The lowest BCUT2D eigenvalue weighted by Gasteiger charge is -2.41. The zero-order valence-electron chi connectivity index (χ0n) is 9.09. The van der Waals surface area contributed by atoms with E-state index in [2.05, 4.69) is 26.1 Å². The molecule has 1 rings (SSSR count). The first-order valence-corrected chi connectivity index (χ1v) is 4.94. The predicted molar refractivity (Wildman–Crippen MR) is 52.9 cm³/mol. The summed E-state index contributed by atoms with van der Waals surface area (Å²) in [5.74, 6) is 0.594. The molecule has 2 unspecified atom stereocenters. The standard InChI is InChI=1S/C10H21NO2/c1-8(2)10(3)7-13-9(5-11-10)6-12-4/h8-9,11H,5-7H2,1-4H3. The van der Waals surface area contributed by atoms with Crippen molar-refractivity contribution in [2.45, 2.75) is 32.4 Å². The van der Waals surface area contributed by atoms with Gasteiger partial charge in [-0.05, 0) is 12.8 Å². The van der Waals surface area contributed by atoms with Gasteiger partial charge < -0.3 is 14.8 Å². The summed E-state index contributed by atoms with van der Waals surface area (Å²) in [6.45, 7) is 8.99. The van der Waals surface area contributed by atoms with Gasteiger partial charge in [-0.25, -0.2) is 0 Å². The van der Waals surface area contributed by atoms with Crippen LogP contribution < -0.4 is 5.32 Å². The van der Waals surface area contributed by atoms with E-state index >= 15 is 0 Å². The van der Waals surface area contributed by atoms with Gasteiger partial charge in [-0.1, -0.05) is 13.8 Å². The summed E-state index contributed by atoms with van der Waals surface area (Å²) < 4.78 is 10.8. The van der Waals surface area contributed by atoms with E-state index < -0.39 is 0 Å². The number of hydrogen-bond donors (Lipinski definition) is 1. The van der Waals surface area contributed by atoms with Crippen LogP contribution in [0.2, 0.25) is 0 Å². The lowest BCUT2D eigenvalue weighted by Crippen LogP contribution is -2.58. The highest BCUT2D eigenvalue weighted by molar-refractivity contribution is 4.90. The molecule has 13 heavy (non-hydrogen) atoms. The van der Waals surface area contributed by atoms with Gasteiger partial charge in [0.1, 0.15) is 0 Å². The lowest BCUT2D eigenvalue weighted by molar-refractivity contribution is -0.0696. The van der Waals surface area contributed by atoms with Crippen LogP contribution in [0.3, 0.4) is 0 Å². The van der Waals surface area contributed by atoms with E-state index in [-0.39, 0.29) is 11.6 Å². The molecule has 3 heteroatoms. The number of methoxy groups -OCH3 is 1. The Kier molecular flexibility index (Phi) is 3.71. The van der Waals surface area contributed by atoms with Crippen LogP contribution in [0.25, 0.3) is 0 Å². The molecule has 3 nitrogen and oxygen atoms in total. The van der Waals surface area contributed by atoms with Gasteiger partial charge in [0.2, 0.25) is 0 Å². The first kappa shape index (κ1) is 11.0. The monoisotopic (exact) mass is 187 g/mol. The van der Waals surface area contributed by atoms with Crippen LogP contribution in [0.15, 0.2) is 0 Å². The first-order valence-electron chi connectivity index (χ1n) is 4.94. The Hall–Kier alpha value is -0.120. The number of nitrogens with one attached hydrogen (secondary N) is 1. The molecule has 78 valence electrons. The molecule has 0 amide bonds. The van der Waals surface area contributed by atoms with E-state index in [1.54, 1.807) is 7.11 Å². The van der Waals surface area contributed by atoms with E-state index in [4.69, 9.17) is 9.47 Å². The van der Waals surface area contributed by atoms with E-state index in [1.807, 2.05) is 0 Å². The topological polar surface area (TPSA) is 30.5 Å². The molecule has 1 N–H and O–H groups in total. The lowest BCUT2D eigenvalue weighted by atomic mass is 9.88. The maximum Gasteiger partial charge on any atom is 0.0933 e. The largest absolute Gasteiger partial charge is 0.382 e. The summed E-state index contributed by atoms with van der Waals surface area (Å²) in [5.41, 5.74) is 0.129. The van der Waals surface area contributed by atoms with Crippen molar-refractivity contribution in [2.24, 2.45) is 5.92 Å². The predicted octanol–water partition coefficient (Wildman–Crippen LogP) is 1.04. The molecule has 0 spiro atoms. The molecule has 1 aliphatic rings. The SMILES string of the molecule is COCC1CNC(C)(C(C)C)CO1. The Labute approximate surface area is 80.8 Å². The maximum atomic E-state index is 5.71. The van der Waals surface area contributed by atoms with Crippen molar-refractivity contribution >= 4 is 0 Å². The first-order chi connectivity index (χ1) is 6.08. The number of ether oxygens (including phenoxy) is 2. The Morgan fingerprint density at radius 1 is 1.62 bits per heavy atom. The fourth-order valence-electron chi connectivity index (χ4n) is 1.41. The molecule has 0 aromatic carbocycles. The Bertz CT molecular complexity index is 151. The normalized spacial score (nSPS) is 35.3. The number of rotatable bonds is 3. The number of morpholine rings is 1. The van der Waals surface area contributed by atoms with Crippen molar-refractivity contribution in [2.75, 3.05) is 26.9 Å². The molecule has 0 aliphatic carbocycles. The molecule has 0 aromatic heterocycles. The van der Waals surface area contributed by atoms with Gasteiger partial charge in [-0.15, -0.1) is 0 Å². The molecular formula is C10H21NO2. The van der Waals surface area contributed by atoms with Crippen molar-refractivity contribution in [3.63, 3.8) is 0 Å². The molecule has 0 bridgehead atoms. The smallest absolute Gasteiger partial charge is 0.0933 e. The van der Waals surface area contributed by atoms with Crippen molar-refractivity contribution in [1.82, 2.24) is 5.32 Å².